The first kappa shape index (κ1) is 22.1. The zero-order valence-electron chi connectivity index (χ0n) is 18.8. The number of esters is 1. The van der Waals surface area contributed by atoms with E-state index >= 15 is 0 Å². The molecule has 0 aliphatic carbocycles. The molecule has 0 N–H and O–H groups in total. The third-order valence-electron chi connectivity index (χ3n) is 5.92. The maximum atomic E-state index is 13.9. The van der Waals surface area contributed by atoms with Gasteiger partial charge in [-0.3, -0.25) is 9.59 Å². The summed E-state index contributed by atoms with van der Waals surface area (Å²) in [6.07, 6.45) is 0.751. The summed E-state index contributed by atoms with van der Waals surface area (Å²) in [7, 11) is 1.36. The number of rotatable bonds is 5. The molecule has 4 heterocycles. The SMILES string of the molecule is COC(=O)CSc1nnc2n(-c3ccc(C)cc3)c(=O)c3c4c(sc3n12)CO[C@@H](C(C)C)C4. The molecule has 10 heteroatoms. The van der Waals surface area contributed by atoms with Gasteiger partial charge in [-0.1, -0.05) is 43.3 Å². The number of thioether (sulfide) groups is 1. The molecule has 0 spiro atoms. The van der Waals surface area contributed by atoms with E-state index in [-0.39, 0.29) is 23.4 Å². The smallest absolute Gasteiger partial charge is 0.316 e. The maximum absolute atomic E-state index is 13.9. The summed E-state index contributed by atoms with van der Waals surface area (Å²) < 4.78 is 14.4. The molecule has 172 valence electrons. The van der Waals surface area contributed by atoms with Gasteiger partial charge in [-0.15, -0.1) is 21.5 Å². The third kappa shape index (κ3) is 3.75. The zero-order valence-corrected chi connectivity index (χ0v) is 20.5. The lowest BCUT2D eigenvalue weighted by atomic mass is 9.96. The van der Waals surface area contributed by atoms with Crippen molar-refractivity contribution in [1.82, 2.24) is 19.2 Å². The molecule has 4 aromatic rings. The van der Waals surface area contributed by atoms with Crippen LogP contribution in [-0.2, 0) is 27.3 Å². The van der Waals surface area contributed by atoms with Gasteiger partial charge in [0.25, 0.3) is 5.56 Å². The van der Waals surface area contributed by atoms with E-state index < -0.39 is 0 Å². The Morgan fingerprint density at radius 2 is 2.06 bits per heavy atom. The van der Waals surface area contributed by atoms with Crippen molar-refractivity contribution in [3.05, 3.63) is 50.6 Å². The number of hydrogen-bond donors (Lipinski definition) is 0. The van der Waals surface area contributed by atoms with Crippen molar-refractivity contribution in [3.8, 4) is 5.69 Å². The molecule has 0 saturated heterocycles. The van der Waals surface area contributed by atoms with Crippen molar-refractivity contribution in [3.63, 3.8) is 0 Å². The number of nitrogens with zero attached hydrogens (tertiary/aromatic N) is 4. The first-order valence-corrected chi connectivity index (χ1v) is 12.5. The fraction of sp³-hybridized carbons (Fsp3) is 0.391. The van der Waals surface area contributed by atoms with E-state index in [9.17, 15) is 9.59 Å². The Labute approximate surface area is 198 Å². The number of carbonyl (C=O) groups excluding carboxylic acids is 1. The summed E-state index contributed by atoms with van der Waals surface area (Å²) in [5, 5.41) is 9.91. The van der Waals surface area contributed by atoms with Crippen LogP contribution in [0.25, 0.3) is 21.7 Å². The lowest BCUT2D eigenvalue weighted by Gasteiger charge is -2.26. The first-order valence-electron chi connectivity index (χ1n) is 10.7. The third-order valence-corrected chi connectivity index (χ3v) is 8.02. The average molecular weight is 485 g/mol. The molecule has 0 radical (unpaired) electrons. The number of aryl methyl sites for hydroxylation is 1. The molecule has 1 aromatic carbocycles. The second-order valence-corrected chi connectivity index (χ2v) is 10.5. The normalized spacial score (nSPS) is 16.0. The van der Waals surface area contributed by atoms with Crippen molar-refractivity contribution in [2.24, 2.45) is 5.92 Å². The van der Waals surface area contributed by atoms with Crippen molar-refractivity contribution < 1.29 is 14.3 Å². The average Bonchev–Trinajstić information content (AvgIpc) is 3.39. The minimum Gasteiger partial charge on any atom is -0.468 e. The summed E-state index contributed by atoms with van der Waals surface area (Å²) >= 11 is 2.78. The highest BCUT2D eigenvalue weighted by atomic mass is 32.2. The lowest BCUT2D eigenvalue weighted by Crippen LogP contribution is -2.28. The molecular weight excluding hydrogens is 460 g/mol. The van der Waals surface area contributed by atoms with Crippen LogP contribution in [0, 0.1) is 12.8 Å². The first-order chi connectivity index (χ1) is 15.9. The summed E-state index contributed by atoms with van der Waals surface area (Å²) in [4.78, 5) is 27.5. The number of carbonyl (C=O) groups is 1. The number of fused-ring (bicyclic) bond motifs is 5. The van der Waals surface area contributed by atoms with E-state index in [1.54, 1.807) is 4.57 Å². The van der Waals surface area contributed by atoms with Crippen LogP contribution in [-0.4, -0.2) is 44.1 Å². The van der Waals surface area contributed by atoms with Gasteiger partial charge >= 0.3 is 5.97 Å². The highest BCUT2D eigenvalue weighted by Gasteiger charge is 2.30. The van der Waals surface area contributed by atoms with Gasteiger partial charge in [0.05, 0.1) is 36.6 Å². The summed E-state index contributed by atoms with van der Waals surface area (Å²) in [6, 6.07) is 7.77. The minimum absolute atomic E-state index is 0.0623. The monoisotopic (exact) mass is 484 g/mol. The lowest BCUT2D eigenvalue weighted by molar-refractivity contribution is -0.137. The number of hydrogen-bond acceptors (Lipinski definition) is 8. The second kappa shape index (κ2) is 8.58. The van der Waals surface area contributed by atoms with E-state index in [0.717, 1.165) is 26.5 Å². The number of methoxy groups -OCH3 is 1. The number of aromatic nitrogens is 4. The van der Waals surface area contributed by atoms with Crippen molar-refractivity contribution in [2.45, 2.75) is 45.1 Å². The van der Waals surface area contributed by atoms with Crippen LogP contribution in [0.1, 0.15) is 29.9 Å². The van der Waals surface area contributed by atoms with Gasteiger partial charge in [0.15, 0.2) is 5.16 Å². The fourth-order valence-electron chi connectivity index (χ4n) is 4.07. The van der Waals surface area contributed by atoms with Crippen LogP contribution in [0.5, 0.6) is 0 Å². The van der Waals surface area contributed by atoms with E-state index in [1.165, 1.54) is 30.2 Å². The summed E-state index contributed by atoms with van der Waals surface area (Å²) in [6.45, 7) is 6.75. The molecule has 1 aliphatic heterocycles. The van der Waals surface area contributed by atoms with Crippen molar-refractivity contribution in [1.29, 1.82) is 0 Å². The molecule has 1 aliphatic rings. The molecule has 33 heavy (non-hydrogen) atoms. The van der Waals surface area contributed by atoms with Gasteiger partial charge in [0, 0.05) is 11.3 Å². The largest absolute Gasteiger partial charge is 0.468 e. The standard InChI is InChI=1S/C23H24N4O4S2/c1-12(2)16-9-15-17(10-31-16)33-21-19(15)20(29)26(14-7-5-13(3)6-8-14)22-24-25-23(27(21)22)32-11-18(28)30-4/h5-8,12,16H,9-11H2,1-4H3/t16-/m1/s1. The van der Waals surface area contributed by atoms with Crippen LogP contribution in [0.4, 0.5) is 0 Å². The quantitative estimate of drug-likeness (QED) is 0.315. The van der Waals surface area contributed by atoms with E-state index in [2.05, 4.69) is 24.0 Å². The van der Waals surface area contributed by atoms with Crippen molar-refractivity contribution in [2.75, 3.05) is 12.9 Å². The molecule has 5 rings (SSSR count). The maximum Gasteiger partial charge on any atom is 0.316 e. The second-order valence-electron chi connectivity index (χ2n) is 8.44. The molecule has 8 nitrogen and oxygen atoms in total. The molecule has 0 amide bonds. The van der Waals surface area contributed by atoms with Crippen LogP contribution in [0.2, 0.25) is 0 Å². The summed E-state index contributed by atoms with van der Waals surface area (Å²) in [5.74, 6) is 0.519. The van der Waals surface area contributed by atoms with Gasteiger partial charge < -0.3 is 9.47 Å². The van der Waals surface area contributed by atoms with Gasteiger partial charge in [0.2, 0.25) is 5.78 Å². The molecule has 3 aromatic heterocycles. The fourth-order valence-corrected chi connectivity index (χ4v) is 6.13. The van der Waals surface area contributed by atoms with Crippen LogP contribution < -0.4 is 5.56 Å². The summed E-state index contributed by atoms with van der Waals surface area (Å²) in [5.41, 5.74) is 2.76. The number of thiophene rings is 1. The molecule has 0 bridgehead atoms. The molecule has 0 saturated carbocycles. The Kier molecular flexibility index (Phi) is 5.75. The van der Waals surface area contributed by atoms with Gasteiger partial charge in [-0.25, -0.2) is 8.97 Å². The predicted molar refractivity (Wildman–Crippen MR) is 129 cm³/mol. The molecular formula is C23H24N4O4S2. The molecule has 0 fully saturated rings. The van der Waals surface area contributed by atoms with E-state index in [0.29, 0.717) is 35.3 Å². The number of ether oxygens (including phenoxy) is 2. The Hall–Kier alpha value is -2.69. The number of benzene rings is 1. The van der Waals surface area contributed by atoms with Crippen LogP contribution >= 0.6 is 23.1 Å². The Morgan fingerprint density at radius 3 is 2.76 bits per heavy atom. The molecule has 0 unspecified atom stereocenters. The van der Waals surface area contributed by atoms with Gasteiger partial charge in [-0.05, 0) is 30.5 Å². The van der Waals surface area contributed by atoms with Crippen molar-refractivity contribution >= 4 is 45.1 Å². The zero-order chi connectivity index (χ0) is 23.3. The van der Waals surface area contributed by atoms with E-state index in [4.69, 9.17) is 9.47 Å². The Balaban J connectivity index is 1.80. The minimum atomic E-state index is -0.349. The van der Waals surface area contributed by atoms with Gasteiger partial charge in [-0.2, -0.15) is 0 Å². The van der Waals surface area contributed by atoms with Crippen LogP contribution in [0.3, 0.4) is 0 Å². The predicted octanol–water partition coefficient (Wildman–Crippen LogP) is 3.77. The van der Waals surface area contributed by atoms with Crippen LogP contribution in [0.15, 0.2) is 34.2 Å². The molecule has 1 atom stereocenters. The highest BCUT2D eigenvalue weighted by molar-refractivity contribution is 7.99. The van der Waals surface area contributed by atoms with Gasteiger partial charge in [0.1, 0.15) is 4.83 Å². The topological polar surface area (TPSA) is 87.7 Å². The Bertz CT molecular complexity index is 1420. The van der Waals surface area contributed by atoms with E-state index in [1.807, 2.05) is 35.6 Å². The highest BCUT2D eigenvalue weighted by Crippen LogP contribution is 2.37. The Morgan fingerprint density at radius 1 is 1.30 bits per heavy atom.